The fraction of sp³-hybridized carbons (Fsp3) is 0.765. The molecule has 0 saturated heterocycles. The van der Waals surface area contributed by atoms with Gasteiger partial charge in [0.2, 0.25) is 0 Å². The molecule has 1 aromatic heterocycles. The normalized spacial score (nSPS) is 31.8. The monoisotopic (exact) mass is 277 g/mol. The van der Waals surface area contributed by atoms with Crippen molar-refractivity contribution in [2.24, 2.45) is 5.41 Å². The molecule has 1 aromatic rings. The van der Waals surface area contributed by atoms with Crippen LogP contribution in [-0.2, 0) is 11.2 Å². The average molecular weight is 277 g/mol. The van der Waals surface area contributed by atoms with E-state index in [4.69, 9.17) is 4.74 Å². The molecule has 20 heavy (non-hydrogen) atoms. The highest BCUT2D eigenvalue weighted by atomic mass is 16.5. The van der Waals surface area contributed by atoms with Crippen LogP contribution in [0, 0.1) is 12.3 Å². The number of aliphatic hydroxyl groups excluding tert-OH is 1. The van der Waals surface area contributed by atoms with Gasteiger partial charge in [0.05, 0.1) is 12.2 Å². The van der Waals surface area contributed by atoms with E-state index in [1.807, 2.05) is 0 Å². The smallest absolute Gasteiger partial charge is 0.0807 e. The lowest BCUT2D eigenvalue weighted by Gasteiger charge is -2.53. The van der Waals surface area contributed by atoms with Crippen LogP contribution in [0.2, 0.25) is 0 Å². The summed E-state index contributed by atoms with van der Waals surface area (Å²) in [5, 5.41) is 10.2. The third kappa shape index (κ3) is 1.94. The second-order valence-electron chi connectivity index (χ2n) is 6.98. The molecule has 2 aliphatic rings. The van der Waals surface area contributed by atoms with Gasteiger partial charge in [-0.05, 0) is 45.6 Å². The number of aliphatic hydroxyl groups is 1. The van der Waals surface area contributed by atoms with Crippen molar-refractivity contribution in [3.8, 4) is 0 Å². The lowest BCUT2D eigenvalue weighted by atomic mass is 9.64. The predicted octanol–water partition coefficient (Wildman–Crippen LogP) is 3.54. The standard InChI is InChI=1S/C17H27NO2/c1-5-20-16-10-15(17(16,3)4)18-11(2)9-12-13(18)7-6-8-14(12)19/h9,14-16,19H,5-8,10H2,1-4H3. The van der Waals surface area contributed by atoms with E-state index in [9.17, 15) is 5.11 Å². The van der Waals surface area contributed by atoms with Gasteiger partial charge in [0, 0.05) is 35.0 Å². The summed E-state index contributed by atoms with van der Waals surface area (Å²) in [5.74, 6) is 0. The van der Waals surface area contributed by atoms with Gasteiger partial charge in [-0.3, -0.25) is 0 Å². The van der Waals surface area contributed by atoms with E-state index in [2.05, 4.69) is 38.3 Å². The van der Waals surface area contributed by atoms with E-state index >= 15 is 0 Å². The van der Waals surface area contributed by atoms with Gasteiger partial charge in [-0.25, -0.2) is 0 Å². The molecule has 1 saturated carbocycles. The molecule has 0 aliphatic heterocycles. The second kappa shape index (κ2) is 4.88. The van der Waals surface area contributed by atoms with Crippen LogP contribution in [0.15, 0.2) is 6.07 Å². The molecule has 0 aromatic carbocycles. The Bertz CT molecular complexity index is 503. The molecule has 3 rings (SSSR count). The van der Waals surface area contributed by atoms with Crippen molar-refractivity contribution in [3.05, 3.63) is 23.0 Å². The first-order valence-electron chi connectivity index (χ1n) is 7.97. The Balaban J connectivity index is 1.93. The van der Waals surface area contributed by atoms with Gasteiger partial charge in [-0.15, -0.1) is 0 Å². The first-order chi connectivity index (χ1) is 9.46. The number of aromatic nitrogens is 1. The second-order valence-corrected chi connectivity index (χ2v) is 6.98. The Morgan fingerprint density at radius 3 is 2.85 bits per heavy atom. The van der Waals surface area contributed by atoms with Gasteiger partial charge in [0.25, 0.3) is 0 Å². The van der Waals surface area contributed by atoms with Gasteiger partial charge >= 0.3 is 0 Å². The van der Waals surface area contributed by atoms with Gasteiger partial charge < -0.3 is 14.4 Å². The van der Waals surface area contributed by atoms with E-state index in [-0.39, 0.29) is 11.5 Å². The molecule has 3 unspecified atom stereocenters. The van der Waals surface area contributed by atoms with Crippen molar-refractivity contribution in [2.75, 3.05) is 6.61 Å². The molecule has 2 aliphatic carbocycles. The molecule has 112 valence electrons. The number of aryl methyl sites for hydroxylation is 1. The van der Waals surface area contributed by atoms with Gasteiger partial charge in [0.1, 0.15) is 0 Å². The molecule has 0 spiro atoms. The van der Waals surface area contributed by atoms with Crippen LogP contribution in [-0.4, -0.2) is 22.4 Å². The Morgan fingerprint density at radius 2 is 2.20 bits per heavy atom. The van der Waals surface area contributed by atoms with Crippen LogP contribution in [0.4, 0.5) is 0 Å². The van der Waals surface area contributed by atoms with Crippen molar-refractivity contribution < 1.29 is 9.84 Å². The third-order valence-corrected chi connectivity index (χ3v) is 5.42. The van der Waals surface area contributed by atoms with Gasteiger partial charge in [0.15, 0.2) is 0 Å². The van der Waals surface area contributed by atoms with Crippen LogP contribution >= 0.6 is 0 Å². The maximum atomic E-state index is 10.2. The van der Waals surface area contributed by atoms with Crippen molar-refractivity contribution in [3.63, 3.8) is 0 Å². The summed E-state index contributed by atoms with van der Waals surface area (Å²) in [4.78, 5) is 0. The number of nitrogens with zero attached hydrogens (tertiary/aromatic N) is 1. The summed E-state index contributed by atoms with van der Waals surface area (Å²) in [6.07, 6.45) is 4.31. The molecule has 1 N–H and O–H groups in total. The van der Waals surface area contributed by atoms with E-state index < -0.39 is 0 Å². The highest BCUT2D eigenvalue weighted by Crippen LogP contribution is 2.53. The van der Waals surface area contributed by atoms with Gasteiger partial charge in [-0.1, -0.05) is 13.8 Å². The molecule has 0 bridgehead atoms. The summed E-state index contributed by atoms with van der Waals surface area (Å²) in [6, 6.07) is 2.71. The molecule has 3 heteroatoms. The summed E-state index contributed by atoms with van der Waals surface area (Å²) in [5.41, 5.74) is 4.01. The van der Waals surface area contributed by atoms with Crippen LogP contribution < -0.4 is 0 Å². The lowest BCUT2D eigenvalue weighted by Crippen LogP contribution is -2.52. The van der Waals surface area contributed by atoms with Crippen molar-refractivity contribution >= 4 is 0 Å². The highest BCUT2D eigenvalue weighted by Gasteiger charge is 2.51. The minimum absolute atomic E-state index is 0.177. The summed E-state index contributed by atoms with van der Waals surface area (Å²) in [7, 11) is 0. The van der Waals surface area contributed by atoms with Crippen molar-refractivity contribution in [1.82, 2.24) is 4.57 Å². The average Bonchev–Trinajstić information content (AvgIpc) is 2.72. The SMILES string of the molecule is CCOC1CC(n2c(C)cc3c2CCCC3O)C1(C)C. The van der Waals surface area contributed by atoms with Crippen LogP contribution in [0.25, 0.3) is 0 Å². The Labute approximate surface area is 121 Å². The molecule has 1 fully saturated rings. The Kier molecular flexibility index (Phi) is 3.46. The van der Waals surface area contributed by atoms with Crippen LogP contribution in [0.5, 0.6) is 0 Å². The third-order valence-electron chi connectivity index (χ3n) is 5.42. The van der Waals surface area contributed by atoms with Crippen LogP contribution in [0.3, 0.4) is 0 Å². The molecular formula is C17H27NO2. The molecule has 3 atom stereocenters. The van der Waals surface area contributed by atoms with Crippen LogP contribution in [0.1, 0.15) is 69.1 Å². The molecule has 0 radical (unpaired) electrons. The zero-order valence-electron chi connectivity index (χ0n) is 13.1. The Hall–Kier alpha value is -0.800. The van der Waals surface area contributed by atoms with Crippen molar-refractivity contribution in [2.45, 2.75) is 71.6 Å². The number of rotatable bonds is 3. The van der Waals surface area contributed by atoms with E-state index in [1.54, 1.807) is 0 Å². The molecule has 1 heterocycles. The minimum Gasteiger partial charge on any atom is -0.388 e. The first kappa shape index (κ1) is 14.2. The zero-order valence-corrected chi connectivity index (χ0v) is 13.1. The minimum atomic E-state index is -0.260. The molecular weight excluding hydrogens is 250 g/mol. The maximum absolute atomic E-state index is 10.2. The topological polar surface area (TPSA) is 34.4 Å². The van der Waals surface area contributed by atoms with E-state index in [0.717, 1.165) is 32.3 Å². The fourth-order valence-electron chi connectivity index (χ4n) is 4.12. The Morgan fingerprint density at radius 1 is 1.45 bits per heavy atom. The summed E-state index contributed by atoms with van der Waals surface area (Å²) >= 11 is 0. The lowest BCUT2D eigenvalue weighted by molar-refractivity contribution is -0.128. The number of ether oxygens (including phenoxy) is 1. The first-order valence-corrected chi connectivity index (χ1v) is 7.97. The van der Waals surface area contributed by atoms with Crippen molar-refractivity contribution in [1.29, 1.82) is 0 Å². The molecule has 0 amide bonds. The maximum Gasteiger partial charge on any atom is 0.0807 e. The zero-order chi connectivity index (χ0) is 14.5. The molecule has 3 nitrogen and oxygen atoms in total. The number of hydrogen-bond donors (Lipinski definition) is 1. The highest BCUT2D eigenvalue weighted by molar-refractivity contribution is 5.33. The predicted molar refractivity (Wildman–Crippen MR) is 79.9 cm³/mol. The van der Waals surface area contributed by atoms with E-state index in [1.165, 1.54) is 17.0 Å². The summed E-state index contributed by atoms with van der Waals surface area (Å²) in [6.45, 7) is 9.67. The fourth-order valence-corrected chi connectivity index (χ4v) is 4.12. The van der Waals surface area contributed by atoms with Gasteiger partial charge in [-0.2, -0.15) is 0 Å². The number of fused-ring (bicyclic) bond motifs is 1. The quantitative estimate of drug-likeness (QED) is 0.917. The van der Waals surface area contributed by atoms with E-state index in [0.29, 0.717) is 12.1 Å². The summed E-state index contributed by atoms with van der Waals surface area (Å²) < 4.78 is 8.36. The number of hydrogen-bond acceptors (Lipinski definition) is 2. The largest absolute Gasteiger partial charge is 0.388 e.